The maximum atomic E-state index is 12.7. The molecule has 9 heteroatoms. The van der Waals surface area contributed by atoms with Crippen LogP contribution in [0.1, 0.15) is 11.5 Å². The number of ether oxygens (including phenoxy) is 2. The van der Waals surface area contributed by atoms with Gasteiger partial charge in [0.15, 0.2) is 6.61 Å². The highest BCUT2D eigenvalue weighted by molar-refractivity contribution is 7.13. The zero-order chi connectivity index (χ0) is 19.9. The van der Waals surface area contributed by atoms with Gasteiger partial charge in [-0.05, 0) is 42.1 Å². The van der Waals surface area contributed by atoms with Gasteiger partial charge >= 0.3 is 0 Å². The number of halogens is 1. The van der Waals surface area contributed by atoms with E-state index in [0.29, 0.717) is 35.7 Å². The molecule has 1 amide bonds. The SMILES string of the molecule is COCCN(Cc1nnc(-c2cccs2)o1)C(=O)COc1ccc(Cl)cc1C. The van der Waals surface area contributed by atoms with Crippen molar-refractivity contribution in [2.45, 2.75) is 13.5 Å². The van der Waals surface area contributed by atoms with Crippen LogP contribution in [0.5, 0.6) is 5.75 Å². The van der Waals surface area contributed by atoms with Crippen LogP contribution in [0, 0.1) is 6.92 Å². The van der Waals surface area contributed by atoms with E-state index in [2.05, 4.69) is 10.2 Å². The van der Waals surface area contributed by atoms with Gasteiger partial charge in [-0.1, -0.05) is 17.7 Å². The van der Waals surface area contributed by atoms with E-state index in [4.69, 9.17) is 25.5 Å². The van der Waals surface area contributed by atoms with E-state index >= 15 is 0 Å². The maximum Gasteiger partial charge on any atom is 0.261 e. The van der Waals surface area contributed by atoms with Gasteiger partial charge in [-0.3, -0.25) is 4.79 Å². The molecule has 0 fully saturated rings. The highest BCUT2D eigenvalue weighted by Gasteiger charge is 2.19. The van der Waals surface area contributed by atoms with E-state index in [1.165, 1.54) is 11.3 Å². The van der Waals surface area contributed by atoms with Crippen LogP contribution >= 0.6 is 22.9 Å². The Hall–Kier alpha value is -2.42. The van der Waals surface area contributed by atoms with Crippen LogP contribution < -0.4 is 4.74 Å². The molecule has 0 spiro atoms. The van der Waals surface area contributed by atoms with Gasteiger partial charge < -0.3 is 18.8 Å². The maximum absolute atomic E-state index is 12.7. The van der Waals surface area contributed by atoms with Crippen molar-refractivity contribution in [1.29, 1.82) is 0 Å². The van der Waals surface area contributed by atoms with Crippen LogP contribution in [0.3, 0.4) is 0 Å². The van der Waals surface area contributed by atoms with Crippen LogP contribution in [0.2, 0.25) is 5.02 Å². The van der Waals surface area contributed by atoms with Crippen LogP contribution in [0.15, 0.2) is 40.1 Å². The van der Waals surface area contributed by atoms with Crippen molar-refractivity contribution in [3.05, 3.63) is 52.2 Å². The first-order valence-corrected chi connectivity index (χ1v) is 9.84. The Morgan fingerprint density at radius 2 is 2.18 bits per heavy atom. The molecule has 0 aliphatic heterocycles. The van der Waals surface area contributed by atoms with Crippen molar-refractivity contribution in [2.24, 2.45) is 0 Å². The number of aryl methyl sites for hydroxylation is 1. The first-order chi connectivity index (χ1) is 13.6. The molecule has 3 rings (SSSR count). The number of amides is 1. The topological polar surface area (TPSA) is 77.7 Å². The molecule has 0 saturated heterocycles. The minimum Gasteiger partial charge on any atom is -0.483 e. The summed E-state index contributed by atoms with van der Waals surface area (Å²) in [4.78, 5) is 15.1. The summed E-state index contributed by atoms with van der Waals surface area (Å²) in [7, 11) is 1.58. The highest BCUT2D eigenvalue weighted by atomic mass is 35.5. The lowest BCUT2D eigenvalue weighted by molar-refractivity contribution is -0.135. The molecule has 2 heterocycles. The monoisotopic (exact) mass is 421 g/mol. The van der Waals surface area contributed by atoms with Crippen molar-refractivity contribution in [3.63, 3.8) is 0 Å². The third kappa shape index (κ3) is 5.31. The van der Waals surface area contributed by atoms with Crippen molar-refractivity contribution < 1.29 is 18.7 Å². The lowest BCUT2D eigenvalue weighted by Crippen LogP contribution is -2.37. The fourth-order valence-corrected chi connectivity index (χ4v) is 3.35. The van der Waals surface area contributed by atoms with Gasteiger partial charge in [0.1, 0.15) is 5.75 Å². The molecule has 7 nitrogen and oxygen atoms in total. The van der Waals surface area contributed by atoms with Gasteiger partial charge in [-0.25, -0.2) is 0 Å². The average molecular weight is 422 g/mol. The molecule has 0 radical (unpaired) electrons. The van der Waals surface area contributed by atoms with Crippen LogP contribution in [-0.4, -0.2) is 47.9 Å². The summed E-state index contributed by atoms with van der Waals surface area (Å²) in [6.45, 7) is 2.72. The largest absolute Gasteiger partial charge is 0.483 e. The molecule has 0 atom stereocenters. The van der Waals surface area contributed by atoms with Crippen LogP contribution in [-0.2, 0) is 16.1 Å². The fraction of sp³-hybridized carbons (Fsp3) is 0.316. The zero-order valence-electron chi connectivity index (χ0n) is 15.6. The van der Waals surface area contributed by atoms with Crippen molar-refractivity contribution in [1.82, 2.24) is 15.1 Å². The Morgan fingerprint density at radius 3 is 2.89 bits per heavy atom. The molecule has 0 unspecified atom stereocenters. The van der Waals surface area contributed by atoms with Gasteiger partial charge in [0.05, 0.1) is 18.0 Å². The molecule has 0 aliphatic carbocycles. The molecule has 2 aromatic heterocycles. The zero-order valence-corrected chi connectivity index (χ0v) is 17.1. The van der Waals surface area contributed by atoms with Crippen LogP contribution in [0.4, 0.5) is 0 Å². The molecule has 0 bridgehead atoms. The molecule has 28 heavy (non-hydrogen) atoms. The predicted octanol–water partition coefficient (Wildman–Crippen LogP) is 3.81. The smallest absolute Gasteiger partial charge is 0.261 e. The summed E-state index contributed by atoms with van der Waals surface area (Å²) in [6.07, 6.45) is 0. The van der Waals surface area contributed by atoms with E-state index < -0.39 is 0 Å². The second kappa shape index (κ2) is 9.68. The van der Waals surface area contributed by atoms with Gasteiger partial charge in [0.25, 0.3) is 11.8 Å². The fourth-order valence-electron chi connectivity index (χ4n) is 2.48. The molecular formula is C19H20ClN3O4S. The number of carbonyl (C=O) groups excluding carboxylic acids is 1. The van der Waals surface area contributed by atoms with Gasteiger partial charge in [-0.2, -0.15) is 0 Å². The predicted molar refractivity (Wildman–Crippen MR) is 107 cm³/mol. The number of hydrogen-bond donors (Lipinski definition) is 0. The Bertz CT molecular complexity index is 914. The summed E-state index contributed by atoms with van der Waals surface area (Å²) in [5.74, 6) is 1.21. The number of benzene rings is 1. The Balaban J connectivity index is 1.64. The molecule has 1 aromatic carbocycles. The van der Waals surface area contributed by atoms with Gasteiger partial charge in [0, 0.05) is 18.7 Å². The first-order valence-electron chi connectivity index (χ1n) is 8.58. The molecule has 0 aliphatic rings. The van der Waals surface area contributed by atoms with E-state index in [1.807, 2.05) is 24.4 Å². The number of aromatic nitrogens is 2. The van der Waals surface area contributed by atoms with E-state index in [-0.39, 0.29) is 19.1 Å². The van der Waals surface area contributed by atoms with E-state index in [9.17, 15) is 4.79 Å². The molecule has 0 saturated carbocycles. The minimum atomic E-state index is -0.206. The number of thiophene rings is 1. The third-order valence-corrected chi connectivity index (χ3v) is 5.02. The first kappa shape index (κ1) is 20.3. The molecular weight excluding hydrogens is 402 g/mol. The average Bonchev–Trinajstić information content (AvgIpc) is 3.35. The second-order valence-electron chi connectivity index (χ2n) is 5.98. The third-order valence-electron chi connectivity index (χ3n) is 3.93. The van der Waals surface area contributed by atoms with Crippen molar-refractivity contribution in [3.8, 4) is 16.5 Å². The summed E-state index contributed by atoms with van der Waals surface area (Å²) in [6, 6.07) is 9.07. The van der Waals surface area contributed by atoms with E-state index in [1.54, 1.807) is 30.2 Å². The molecule has 0 N–H and O–H groups in total. The highest BCUT2D eigenvalue weighted by Crippen LogP contribution is 2.24. The Kier molecular flexibility index (Phi) is 7.02. The summed E-state index contributed by atoms with van der Waals surface area (Å²) >= 11 is 7.46. The minimum absolute atomic E-state index is 0.113. The lowest BCUT2D eigenvalue weighted by atomic mass is 10.2. The lowest BCUT2D eigenvalue weighted by Gasteiger charge is -2.21. The summed E-state index contributed by atoms with van der Waals surface area (Å²) < 4.78 is 16.4. The molecule has 3 aromatic rings. The molecule has 148 valence electrons. The van der Waals surface area contributed by atoms with Gasteiger partial charge in [-0.15, -0.1) is 21.5 Å². The summed E-state index contributed by atoms with van der Waals surface area (Å²) in [5.41, 5.74) is 0.862. The van der Waals surface area contributed by atoms with Crippen molar-refractivity contribution in [2.75, 3.05) is 26.9 Å². The van der Waals surface area contributed by atoms with E-state index in [0.717, 1.165) is 10.4 Å². The number of nitrogens with zero attached hydrogens (tertiary/aromatic N) is 3. The normalized spacial score (nSPS) is 10.8. The quantitative estimate of drug-likeness (QED) is 0.522. The standard InChI is InChI=1S/C19H20ClN3O4S/c1-13-10-14(20)5-6-15(13)26-12-18(24)23(7-8-25-2)11-17-21-22-19(27-17)16-4-3-9-28-16/h3-6,9-10H,7-8,11-12H2,1-2H3. The number of carbonyl (C=O) groups is 1. The Labute approximate surface area is 171 Å². The summed E-state index contributed by atoms with van der Waals surface area (Å²) in [5, 5.41) is 10.6. The Morgan fingerprint density at radius 1 is 1.32 bits per heavy atom. The number of methoxy groups -OCH3 is 1. The van der Waals surface area contributed by atoms with Crippen LogP contribution in [0.25, 0.3) is 10.8 Å². The van der Waals surface area contributed by atoms with Gasteiger partial charge in [0.2, 0.25) is 5.89 Å². The number of hydrogen-bond acceptors (Lipinski definition) is 7. The second-order valence-corrected chi connectivity index (χ2v) is 7.37. The van der Waals surface area contributed by atoms with Crippen molar-refractivity contribution >= 4 is 28.8 Å². The number of rotatable bonds is 9.